The first-order chi connectivity index (χ1) is 11.7. The van der Waals surface area contributed by atoms with Gasteiger partial charge < -0.3 is 9.32 Å². The van der Waals surface area contributed by atoms with E-state index in [1.165, 1.54) is 4.57 Å². The molecule has 4 rings (SSSR count). The largest absolute Gasteiger partial charge is 0.420 e. The van der Waals surface area contributed by atoms with E-state index in [0.717, 1.165) is 11.1 Å². The Morgan fingerprint density at radius 2 is 1.50 bits per heavy atom. The molecule has 1 unspecified atom stereocenters. The van der Waals surface area contributed by atoms with Crippen LogP contribution in [0.25, 0.3) is 22.6 Å². The lowest BCUT2D eigenvalue weighted by Gasteiger charge is -2.35. The van der Waals surface area contributed by atoms with Gasteiger partial charge in [-0.3, -0.25) is 9.36 Å². The molecule has 0 spiro atoms. The zero-order chi connectivity index (χ0) is 16.7. The van der Waals surface area contributed by atoms with Gasteiger partial charge in [0, 0.05) is 18.2 Å². The molecule has 24 heavy (non-hydrogen) atoms. The number of carbonyl (C=O) groups is 1. The minimum absolute atomic E-state index is 0.0744. The molecular formula is C19H16N2O3. The molecule has 120 valence electrons. The lowest BCUT2D eigenvalue weighted by molar-refractivity contribution is -0.144. The Hall–Kier alpha value is -3.08. The highest BCUT2D eigenvalue weighted by atomic mass is 16.4. The Bertz CT molecular complexity index is 942. The molecule has 1 fully saturated rings. The Morgan fingerprint density at radius 1 is 0.917 bits per heavy atom. The van der Waals surface area contributed by atoms with E-state index in [4.69, 9.17) is 4.42 Å². The van der Waals surface area contributed by atoms with E-state index >= 15 is 0 Å². The van der Waals surface area contributed by atoms with E-state index in [-0.39, 0.29) is 5.91 Å². The standard InChI is InChI=1S/C19H16N2O3/c1-20-12-15(18(20)22)21-16(13-8-4-2-5-9-13)17(24-19(21)23)14-10-6-3-7-11-14/h2-11,15H,12H2,1H3. The molecule has 2 aromatic carbocycles. The Labute approximate surface area is 138 Å². The lowest BCUT2D eigenvalue weighted by Crippen LogP contribution is -2.52. The molecule has 1 aliphatic rings. The van der Waals surface area contributed by atoms with E-state index in [2.05, 4.69) is 0 Å². The van der Waals surface area contributed by atoms with Crippen molar-refractivity contribution in [2.75, 3.05) is 13.6 Å². The first-order valence-electron chi connectivity index (χ1n) is 7.78. The maximum absolute atomic E-state index is 12.5. The highest BCUT2D eigenvalue weighted by molar-refractivity contribution is 5.88. The maximum Gasteiger partial charge on any atom is 0.420 e. The second-order valence-electron chi connectivity index (χ2n) is 5.88. The number of likely N-dealkylation sites (tertiary alicyclic amines) is 1. The summed E-state index contributed by atoms with van der Waals surface area (Å²) in [7, 11) is 1.73. The van der Waals surface area contributed by atoms with Gasteiger partial charge in [-0.25, -0.2) is 4.79 Å². The van der Waals surface area contributed by atoms with Gasteiger partial charge >= 0.3 is 5.76 Å². The van der Waals surface area contributed by atoms with Crippen LogP contribution in [0.3, 0.4) is 0 Å². The summed E-state index contributed by atoms with van der Waals surface area (Å²) in [5.74, 6) is -0.0806. The van der Waals surface area contributed by atoms with Crippen molar-refractivity contribution in [1.82, 2.24) is 9.47 Å². The minimum Gasteiger partial charge on any atom is -0.407 e. The summed E-state index contributed by atoms with van der Waals surface area (Å²) in [4.78, 5) is 26.3. The molecule has 1 aliphatic heterocycles. The molecule has 0 radical (unpaired) electrons. The molecular weight excluding hydrogens is 304 g/mol. The van der Waals surface area contributed by atoms with E-state index in [1.807, 2.05) is 60.7 Å². The Balaban J connectivity index is 1.96. The number of hydrogen-bond donors (Lipinski definition) is 0. The predicted octanol–water partition coefficient (Wildman–Crippen LogP) is 2.79. The minimum atomic E-state index is -0.501. The average molecular weight is 320 g/mol. The molecule has 5 heteroatoms. The second kappa shape index (κ2) is 5.53. The van der Waals surface area contributed by atoms with Crippen molar-refractivity contribution in [3.63, 3.8) is 0 Å². The summed E-state index contributed by atoms with van der Waals surface area (Å²) in [6.07, 6.45) is 0. The van der Waals surface area contributed by atoms with Crippen LogP contribution in [-0.2, 0) is 4.79 Å². The summed E-state index contributed by atoms with van der Waals surface area (Å²) >= 11 is 0. The van der Waals surface area contributed by atoms with Gasteiger partial charge in [0.2, 0.25) is 5.91 Å². The third kappa shape index (κ3) is 2.17. The quantitative estimate of drug-likeness (QED) is 0.697. The third-order valence-electron chi connectivity index (χ3n) is 4.35. The summed E-state index contributed by atoms with van der Waals surface area (Å²) in [6.45, 7) is 0.506. The van der Waals surface area contributed by atoms with Crippen LogP contribution in [0.1, 0.15) is 6.04 Å². The molecule has 0 N–H and O–H groups in total. The van der Waals surface area contributed by atoms with Gasteiger partial charge in [0.15, 0.2) is 5.76 Å². The fraction of sp³-hybridized carbons (Fsp3) is 0.158. The number of rotatable bonds is 3. The number of likely N-dealkylation sites (N-methyl/N-ethyl adjacent to an activating group) is 1. The van der Waals surface area contributed by atoms with Gasteiger partial charge in [-0.2, -0.15) is 0 Å². The fourth-order valence-corrected chi connectivity index (χ4v) is 3.08. The maximum atomic E-state index is 12.5. The Kier molecular flexibility index (Phi) is 3.34. The van der Waals surface area contributed by atoms with Crippen molar-refractivity contribution < 1.29 is 9.21 Å². The van der Waals surface area contributed by atoms with Crippen molar-refractivity contribution >= 4 is 5.91 Å². The van der Waals surface area contributed by atoms with Crippen molar-refractivity contribution in [2.45, 2.75) is 6.04 Å². The van der Waals surface area contributed by atoms with Crippen LogP contribution < -0.4 is 5.76 Å². The number of amides is 1. The SMILES string of the molecule is CN1CC(n2c(-c3ccccc3)c(-c3ccccc3)oc2=O)C1=O. The number of carbonyl (C=O) groups excluding carboxylic acids is 1. The highest BCUT2D eigenvalue weighted by Crippen LogP contribution is 2.35. The molecule has 2 heterocycles. The van der Waals surface area contributed by atoms with E-state index < -0.39 is 11.8 Å². The summed E-state index contributed by atoms with van der Waals surface area (Å²) < 4.78 is 7.05. The zero-order valence-corrected chi connectivity index (χ0v) is 13.2. The van der Waals surface area contributed by atoms with Gasteiger partial charge in [0.05, 0.1) is 12.2 Å². The molecule has 0 bridgehead atoms. The van der Waals surface area contributed by atoms with Crippen LogP contribution in [0.5, 0.6) is 0 Å². The smallest absolute Gasteiger partial charge is 0.407 e. The van der Waals surface area contributed by atoms with Crippen molar-refractivity contribution in [2.24, 2.45) is 0 Å². The molecule has 1 aromatic heterocycles. The van der Waals surface area contributed by atoms with Crippen LogP contribution in [-0.4, -0.2) is 29.0 Å². The van der Waals surface area contributed by atoms with Gasteiger partial charge in [-0.1, -0.05) is 60.7 Å². The van der Waals surface area contributed by atoms with E-state index in [1.54, 1.807) is 11.9 Å². The number of hydrogen-bond acceptors (Lipinski definition) is 3. The summed E-state index contributed by atoms with van der Waals surface area (Å²) in [5.41, 5.74) is 2.31. The summed E-state index contributed by atoms with van der Waals surface area (Å²) in [6, 6.07) is 18.5. The normalized spacial score (nSPS) is 17.0. The predicted molar refractivity (Wildman–Crippen MR) is 90.5 cm³/mol. The first-order valence-corrected chi connectivity index (χ1v) is 7.78. The molecule has 1 saturated heterocycles. The van der Waals surface area contributed by atoms with Crippen LogP contribution in [0.2, 0.25) is 0 Å². The van der Waals surface area contributed by atoms with Crippen LogP contribution in [0.15, 0.2) is 69.9 Å². The molecule has 0 aliphatic carbocycles. The third-order valence-corrected chi connectivity index (χ3v) is 4.35. The molecule has 1 amide bonds. The number of nitrogens with zero attached hydrogens (tertiary/aromatic N) is 2. The average Bonchev–Trinajstić information content (AvgIpc) is 2.97. The van der Waals surface area contributed by atoms with Gasteiger partial charge in [-0.15, -0.1) is 0 Å². The number of aromatic nitrogens is 1. The number of oxazole rings is 1. The van der Waals surface area contributed by atoms with E-state index in [0.29, 0.717) is 18.0 Å². The highest BCUT2D eigenvalue weighted by Gasteiger charge is 2.39. The first kappa shape index (κ1) is 14.5. The Morgan fingerprint density at radius 3 is 2.04 bits per heavy atom. The van der Waals surface area contributed by atoms with Gasteiger partial charge in [-0.05, 0) is 0 Å². The zero-order valence-electron chi connectivity index (χ0n) is 13.2. The van der Waals surface area contributed by atoms with Crippen molar-refractivity contribution in [3.8, 4) is 22.6 Å². The monoisotopic (exact) mass is 320 g/mol. The molecule has 5 nitrogen and oxygen atoms in total. The topological polar surface area (TPSA) is 55.5 Å². The van der Waals surface area contributed by atoms with Crippen molar-refractivity contribution in [3.05, 3.63) is 71.2 Å². The van der Waals surface area contributed by atoms with Crippen LogP contribution in [0, 0.1) is 0 Å². The van der Waals surface area contributed by atoms with Gasteiger partial charge in [0.1, 0.15) is 6.04 Å². The van der Waals surface area contributed by atoms with Crippen LogP contribution >= 0.6 is 0 Å². The van der Waals surface area contributed by atoms with Gasteiger partial charge in [0.25, 0.3) is 0 Å². The molecule has 0 saturated carbocycles. The van der Waals surface area contributed by atoms with Crippen molar-refractivity contribution in [1.29, 1.82) is 0 Å². The van der Waals surface area contributed by atoms with Crippen LogP contribution in [0.4, 0.5) is 0 Å². The summed E-state index contributed by atoms with van der Waals surface area (Å²) in [5, 5.41) is 0. The molecule has 3 aromatic rings. The number of β-lactam (4-membered cyclic amide) rings is 1. The molecule has 1 atom stereocenters. The fourth-order valence-electron chi connectivity index (χ4n) is 3.08. The lowest BCUT2D eigenvalue weighted by atomic mass is 10.0. The second-order valence-corrected chi connectivity index (χ2v) is 5.88. The van der Waals surface area contributed by atoms with E-state index in [9.17, 15) is 9.59 Å². The number of benzene rings is 2.